The maximum absolute atomic E-state index is 12.5. The summed E-state index contributed by atoms with van der Waals surface area (Å²) in [6.07, 6.45) is 5.42. The van der Waals surface area contributed by atoms with Crippen molar-refractivity contribution in [3.63, 3.8) is 0 Å². The van der Waals surface area contributed by atoms with E-state index in [0.717, 1.165) is 43.1 Å². The van der Waals surface area contributed by atoms with Crippen LogP contribution < -0.4 is 14.1 Å². The van der Waals surface area contributed by atoms with Gasteiger partial charge in [0.15, 0.2) is 0 Å². The summed E-state index contributed by atoms with van der Waals surface area (Å²) in [7, 11) is 0.135. The van der Waals surface area contributed by atoms with E-state index in [2.05, 4.69) is 108 Å². The van der Waals surface area contributed by atoms with E-state index in [1.165, 1.54) is 34.4 Å². The molecule has 0 saturated carbocycles. The summed E-state index contributed by atoms with van der Waals surface area (Å²) in [5.74, 6) is 2.56. The number of nitrogens with zero attached hydrogens (tertiary/aromatic N) is 5. The van der Waals surface area contributed by atoms with Crippen LogP contribution in [0, 0.1) is 5.92 Å². The predicted octanol–water partition coefficient (Wildman–Crippen LogP) is 7.23. The van der Waals surface area contributed by atoms with Crippen molar-refractivity contribution >= 4 is 30.8 Å². The van der Waals surface area contributed by atoms with E-state index in [1.54, 1.807) is 0 Å². The van der Waals surface area contributed by atoms with Crippen LogP contribution in [0.3, 0.4) is 0 Å². The molecule has 2 saturated heterocycles. The summed E-state index contributed by atoms with van der Waals surface area (Å²) in [5, 5.41) is 2.61. The Morgan fingerprint density at radius 2 is 1.85 bits per heavy atom. The number of fused-ring (bicyclic) bond motifs is 2. The first-order valence-electron chi connectivity index (χ1n) is 17.9. The number of likely N-dealkylation sites (N-methyl/N-ethyl adjacent to an activating group) is 1. The van der Waals surface area contributed by atoms with Crippen LogP contribution in [0.1, 0.15) is 70.2 Å². The van der Waals surface area contributed by atoms with Crippen LogP contribution >= 0.6 is 0 Å². The summed E-state index contributed by atoms with van der Waals surface area (Å²) in [6, 6.07) is 14.2. The molecule has 1 aliphatic carbocycles. The molecule has 258 valence electrons. The molecule has 4 atom stereocenters. The molecule has 2 aliphatic heterocycles. The van der Waals surface area contributed by atoms with Crippen molar-refractivity contribution in [2.45, 2.75) is 96.4 Å². The number of likely N-dealkylation sites (tertiary alicyclic amines) is 1. The molecule has 1 amide bonds. The number of carbonyl (C=O) groups excluding carboxylic acids is 1. The molecule has 9 heteroatoms. The average Bonchev–Trinajstić information content (AvgIpc) is 3.46. The molecule has 6 rings (SSSR count). The van der Waals surface area contributed by atoms with Gasteiger partial charge in [-0.3, -0.25) is 4.79 Å². The SMILES string of the molecule is C=CC(=O)N1CCN(c2nc(OCC3CCCN3C)nc3c2CC(C)C(c2cc(O[Si](C)(C)C(C)(C)C)cc4ccccc24)C3)C(C)C1. The smallest absolute Gasteiger partial charge is 0.318 e. The van der Waals surface area contributed by atoms with Gasteiger partial charge in [-0.2, -0.15) is 9.97 Å². The number of aromatic nitrogens is 2. The van der Waals surface area contributed by atoms with Gasteiger partial charge in [0.05, 0.1) is 5.69 Å². The minimum atomic E-state index is -2.04. The Kier molecular flexibility index (Phi) is 9.66. The van der Waals surface area contributed by atoms with Crippen molar-refractivity contribution in [3.8, 4) is 11.8 Å². The summed E-state index contributed by atoms with van der Waals surface area (Å²) in [6.45, 7) is 23.5. The second-order valence-corrected chi connectivity index (χ2v) is 20.7. The molecule has 3 heterocycles. The summed E-state index contributed by atoms with van der Waals surface area (Å²) < 4.78 is 13.3. The molecule has 2 aromatic carbocycles. The maximum atomic E-state index is 12.5. The first-order chi connectivity index (χ1) is 22.8. The third-order valence-electron chi connectivity index (χ3n) is 11.6. The van der Waals surface area contributed by atoms with Gasteiger partial charge in [-0.25, -0.2) is 0 Å². The fraction of sp³-hybridized carbons (Fsp3) is 0.564. The van der Waals surface area contributed by atoms with Gasteiger partial charge in [0.1, 0.15) is 18.2 Å². The summed E-state index contributed by atoms with van der Waals surface area (Å²) in [4.78, 5) is 29.4. The third-order valence-corrected chi connectivity index (χ3v) is 15.9. The molecule has 0 N–H and O–H groups in total. The number of piperazine rings is 1. The van der Waals surface area contributed by atoms with E-state index >= 15 is 0 Å². The standard InChI is InChI=1S/C39H55N5O3Si/c1-10-36(45)43-18-19-44(27(3)24-43)37-34-20-26(2)32(23-35(34)40-38(41-37)46-25-29-15-13-17-42(29)7)33-22-30(47-48(8,9)39(4,5)6)21-28-14-11-12-16-31(28)33/h10-12,14,16,21-22,26-27,29,32H,1,13,15,17-20,23-25H2,2-9H3. The highest BCUT2D eigenvalue weighted by molar-refractivity contribution is 6.74. The first kappa shape index (κ1) is 34.4. The molecule has 8 nitrogen and oxygen atoms in total. The van der Waals surface area contributed by atoms with Crippen molar-refractivity contribution in [2.75, 3.05) is 44.7 Å². The van der Waals surface area contributed by atoms with Gasteiger partial charge < -0.3 is 23.9 Å². The lowest BCUT2D eigenvalue weighted by atomic mass is 9.74. The number of carbonyl (C=O) groups is 1. The van der Waals surface area contributed by atoms with Crippen LogP contribution in [-0.2, 0) is 17.6 Å². The van der Waals surface area contributed by atoms with Crippen LogP contribution in [0.25, 0.3) is 10.8 Å². The monoisotopic (exact) mass is 669 g/mol. The van der Waals surface area contributed by atoms with E-state index in [4.69, 9.17) is 19.1 Å². The minimum Gasteiger partial charge on any atom is -0.543 e. The lowest BCUT2D eigenvalue weighted by molar-refractivity contribution is -0.126. The maximum Gasteiger partial charge on any atom is 0.318 e. The zero-order valence-electron chi connectivity index (χ0n) is 30.4. The van der Waals surface area contributed by atoms with Gasteiger partial charge in [-0.05, 0) is 111 Å². The molecule has 3 aromatic rings. The van der Waals surface area contributed by atoms with Crippen molar-refractivity contribution in [1.82, 2.24) is 19.8 Å². The zero-order chi connectivity index (χ0) is 34.4. The Hall–Kier alpha value is -3.43. The predicted molar refractivity (Wildman–Crippen MR) is 198 cm³/mol. The Bertz CT molecular complexity index is 1670. The van der Waals surface area contributed by atoms with E-state index < -0.39 is 8.32 Å². The lowest BCUT2D eigenvalue weighted by Crippen LogP contribution is -2.54. The Morgan fingerprint density at radius 3 is 2.54 bits per heavy atom. The van der Waals surface area contributed by atoms with Gasteiger partial charge in [0.2, 0.25) is 14.2 Å². The van der Waals surface area contributed by atoms with E-state index in [9.17, 15) is 4.79 Å². The van der Waals surface area contributed by atoms with E-state index in [-0.39, 0.29) is 22.9 Å². The lowest BCUT2D eigenvalue weighted by Gasteiger charge is -2.42. The fourth-order valence-electron chi connectivity index (χ4n) is 7.55. The number of amides is 1. The normalized spacial score (nSPS) is 23.7. The van der Waals surface area contributed by atoms with E-state index in [1.807, 2.05) is 4.90 Å². The molecular formula is C39H55N5O3Si. The molecule has 3 aliphatic rings. The molecular weight excluding hydrogens is 615 g/mol. The number of hydrogen-bond acceptors (Lipinski definition) is 7. The summed E-state index contributed by atoms with van der Waals surface area (Å²) in [5.41, 5.74) is 3.63. The first-order valence-corrected chi connectivity index (χ1v) is 20.8. The van der Waals surface area contributed by atoms with Crippen LogP contribution in [-0.4, -0.2) is 85.9 Å². The molecule has 48 heavy (non-hydrogen) atoms. The van der Waals surface area contributed by atoms with Gasteiger partial charge >= 0.3 is 6.01 Å². The Balaban J connectivity index is 1.38. The molecule has 0 bridgehead atoms. The van der Waals surface area contributed by atoms with Crippen molar-refractivity contribution in [1.29, 1.82) is 0 Å². The number of benzene rings is 2. The molecule has 1 aromatic heterocycles. The van der Waals surface area contributed by atoms with Crippen LogP contribution in [0.2, 0.25) is 18.1 Å². The topological polar surface area (TPSA) is 71.0 Å². The second kappa shape index (κ2) is 13.5. The van der Waals surface area contributed by atoms with E-state index in [0.29, 0.717) is 44.2 Å². The fourth-order valence-corrected chi connectivity index (χ4v) is 8.57. The number of rotatable bonds is 8. The second-order valence-electron chi connectivity index (χ2n) is 16.0. The highest BCUT2D eigenvalue weighted by Gasteiger charge is 2.40. The number of hydrogen-bond donors (Lipinski definition) is 0. The molecule has 2 fully saturated rings. The summed E-state index contributed by atoms with van der Waals surface area (Å²) >= 11 is 0. The highest BCUT2D eigenvalue weighted by atomic mass is 28.4. The molecule has 0 spiro atoms. The van der Waals surface area contributed by atoms with Gasteiger partial charge in [0.25, 0.3) is 0 Å². The van der Waals surface area contributed by atoms with Crippen molar-refractivity contribution in [3.05, 3.63) is 65.9 Å². The Labute approximate surface area is 288 Å². The van der Waals surface area contributed by atoms with Gasteiger partial charge in [-0.15, -0.1) is 0 Å². The minimum absolute atomic E-state index is 0.0145. The molecule has 4 unspecified atom stereocenters. The van der Waals surface area contributed by atoms with Gasteiger partial charge in [-0.1, -0.05) is 58.5 Å². The van der Waals surface area contributed by atoms with Crippen LogP contribution in [0.15, 0.2) is 49.1 Å². The van der Waals surface area contributed by atoms with Crippen LogP contribution in [0.4, 0.5) is 5.82 Å². The third kappa shape index (κ3) is 6.86. The quantitative estimate of drug-likeness (QED) is 0.185. The highest BCUT2D eigenvalue weighted by Crippen LogP contribution is 2.45. The average molecular weight is 670 g/mol. The van der Waals surface area contributed by atoms with Crippen LogP contribution in [0.5, 0.6) is 11.8 Å². The Morgan fingerprint density at radius 1 is 1.08 bits per heavy atom. The van der Waals surface area contributed by atoms with Crippen molar-refractivity contribution < 1.29 is 14.0 Å². The molecule has 0 radical (unpaired) electrons. The van der Waals surface area contributed by atoms with Gasteiger partial charge in [0, 0.05) is 37.3 Å². The zero-order valence-corrected chi connectivity index (χ0v) is 31.4. The number of anilines is 1. The largest absolute Gasteiger partial charge is 0.543 e. The number of ether oxygens (including phenoxy) is 1. The van der Waals surface area contributed by atoms with Crippen molar-refractivity contribution in [2.24, 2.45) is 5.92 Å².